The molecule has 0 aliphatic carbocycles. The Morgan fingerprint density at radius 1 is 1.21 bits per heavy atom. The first-order valence-corrected chi connectivity index (χ1v) is 8.21. The molecule has 0 unspecified atom stereocenters. The van der Waals surface area contributed by atoms with E-state index >= 15 is 0 Å². The quantitative estimate of drug-likeness (QED) is 0.568. The van der Waals surface area contributed by atoms with Crippen LogP contribution in [0.1, 0.15) is 17.4 Å². The molecule has 4 aromatic rings. The van der Waals surface area contributed by atoms with Crippen molar-refractivity contribution in [1.82, 2.24) is 29.9 Å². The Kier molecular flexibility index (Phi) is 3.66. The summed E-state index contributed by atoms with van der Waals surface area (Å²) in [4.78, 5) is 14.0. The number of pyridine rings is 1. The third kappa shape index (κ3) is 2.83. The molecular weight excluding hydrogens is 324 g/mol. The molecule has 120 valence electrons. The maximum Gasteiger partial charge on any atom is 0.248 e. The van der Waals surface area contributed by atoms with E-state index in [1.54, 1.807) is 29.1 Å². The number of thiazole rings is 1. The molecule has 0 atom stereocenters. The van der Waals surface area contributed by atoms with Gasteiger partial charge in [0.1, 0.15) is 17.2 Å². The summed E-state index contributed by atoms with van der Waals surface area (Å²) in [5.74, 6) is 1.16. The Bertz CT molecular complexity index is 972. The molecule has 0 amide bonds. The van der Waals surface area contributed by atoms with Crippen molar-refractivity contribution >= 4 is 11.3 Å². The highest BCUT2D eigenvalue weighted by molar-refractivity contribution is 7.18. The summed E-state index contributed by atoms with van der Waals surface area (Å²) < 4.78 is 6.91. The van der Waals surface area contributed by atoms with Crippen molar-refractivity contribution in [2.24, 2.45) is 0 Å². The molecule has 0 saturated heterocycles. The van der Waals surface area contributed by atoms with E-state index < -0.39 is 0 Å². The molecule has 0 spiro atoms. The van der Waals surface area contributed by atoms with Gasteiger partial charge >= 0.3 is 0 Å². The summed E-state index contributed by atoms with van der Waals surface area (Å²) >= 11 is 1.61. The fourth-order valence-corrected chi connectivity index (χ4v) is 3.38. The highest BCUT2D eigenvalue weighted by atomic mass is 32.1. The molecule has 7 nitrogen and oxygen atoms in total. The summed E-state index contributed by atoms with van der Waals surface area (Å²) in [6.45, 7) is 4.24. The SMILES string of the molecule is Cc1noc(Cn2ccc(-c3sc(-c4cccnc4)nc3C)n2)n1. The van der Waals surface area contributed by atoms with Gasteiger partial charge < -0.3 is 4.52 Å². The van der Waals surface area contributed by atoms with Gasteiger partial charge in [0.15, 0.2) is 5.82 Å². The van der Waals surface area contributed by atoms with Crippen molar-refractivity contribution in [2.45, 2.75) is 20.4 Å². The third-order valence-corrected chi connectivity index (χ3v) is 4.67. The average molecular weight is 338 g/mol. The van der Waals surface area contributed by atoms with Crippen molar-refractivity contribution < 1.29 is 4.52 Å². The molecule has 0 aliphatic heterocycles. The van der Waals surface area contributed by atoms with Crippen LogP contribution in [0.3, 0.4) is 0 Å². The van der Waals surface area contributed by atoms with Crippen molar-refractivity contribution in [3.8, 4) is 21.1 Å². The van der Waals surface area contributed by atoms with Crippen LogP contribution >= 0.6 is 11.3 Å². The Morgan fingerprint density at radius 2 is 2.12 bits per heavy atom. The first-order valence-electron chi connectivity index (χ1n) is 7.40. The second-order valence-corrected chi connectivity index (χ2v) is 6.31. The van der Waals surface area contributed by atoms with Gasteiger partial charge in [-0.15, -0.1) is 11.3 Å². The first kappa shape index (κ1) is 14.7. The van der Waals surface area contributed by atoms with E-state index in [1.165, 1.54) is 0 Å². The second kappa shape index (κ2) is 5.97. The standard InChI is InChI=1S/C16H14N6OS/c1-10-15(24-16(18-10)12-4-3-6-17-8-12)13-5-7-22(20-13)9-14-19-11(2)21-23-14/h3-8H,9H2,1-2H3. The van der Waals surface area contributed by atoms with Crippen LogP contribution < -0.4 is 0 Å². The largest absolute Gasteiger partial charge is 0.337 e. The number of aryl methyl sites for hydroxylation is 2. The Balaban J connectivity index is 1.61. The van der Waals surface area contributed by atoms with E-state index in [0.717, 1.165) is 26.8 Å². The lowest BCUT2D eigenvalue weighted by Gasteiger charge is -1.95. The molecule has 4 heterocycles. The first-order chi connectivity index (χ1) is 11.7. The molecule has 0 N–H and O–H groups in total. The number of aromatic nitrogens is 6. The van der Waals surface area contributed by atoms with E-state index in [9.17, 15) is 0 Å². The maximum absolute atomic E-state index is 5.13. The highest BCUT2D eigenvalue weighted by Gasteiger charge is 2.14. The van der Waals surface area contributed by atoms with Crippen molar-refractivity contribution in [2.75, 3.05) is 0 Å². The van der Waals surface area contributed by atoms with Gasteiger partial charge in [0, 0.05) is 24.2 Å². The normalized spacial score (nSPS) is 11.1. The summed E-state index contributed by atoms with van der Waals surface area (Å²) in [5, 5.41) is 9.33. The van der Waals surface area contributed by atoms with Gasteiger partial charge in [-0.2, -0.15) is 10.1 Å². The van der Waals surface area contributed by atoms with Crippen LogP contribution in [-0.2, 0) is 6.54 Å². The van der Waals surface area contributed by atoms with Crippen molar-refractivity contribution in [3.05, 3.63) is 54.2 Å². The van der Waals surface area contributed by atoms with E-state index in [-0.39, 0.29) is 0 Å². The fourth-order valence-electron chi connectivity index (χ4n) is 2.36. The van der Waals surface area contributed by atoms with Gasteiger partial charge in [-0.25, -0.2) is 4.98 Å². The number of rotatable bonds is 4. The molecule has 8 heteroatoms. The summed E-state index contributed by atoms with van der Waals surface area (Å²) in [5.41, 5.74) is 2.85. The summed E-state index contributed by atoms with van der Waals surface area (Å²) in [6.07, 6.45) is 5.47. The second-order valence-electron chi connectivity index (χ2n) is 5.31. The predicted molar refractivity (Wildman–Crippen MR) is 89.4 cm³/mol. The van der Waals surface area contributed by atoms with Gasteiger partial charge in [0.2, 0.25) is 5.89 Å². The van der Waals surface area contributed by atoms with Crippen LogP contribution in [0, 0.1) is 13.8 Å². The lowest BCUT2D eigenvalue weighted by molar-refractivity contribution is 0.363. The van der Waals surface area contributed by atoms with E-state index in [4.69, 9.17) is 4.52 Å². The topological polar surface area (TPSA) is 82.5 Å². The summed E-state index contributed by atoms with van der Waals surface area (Å²) in [6, 6.07) is 5.88. The van der Waals surface area contributed by atoms with Crippen LogP contribution in [0.5, 0.6) is 0 Å². The molecule has 0 saturated carbocycles. The predicted octanol–water partition coefficient (Wildman–Crippen LogP) is 3.12. The molecule has 0 aromatic carbocycles. The number of hydrogen-bond acceptors (Lipinski definition) is 7. The molecule has 0 bridgehead atoms. The van der Waals surface area contributed by atoms with Gasteiger partial charge in [-0.1, -0.05) is 5.16 Å². The highest BCUT2D eigenvalue weighted by Crippen LogP contribution is 2.33. The Morgan fingerprint density at radius 3 is 2.88 bits per heavy atom. The maximum atomic E-state index is 5.13. The van der Waals surface area contributed by atoms with Gasteiger partial charge in [0.05, 0.1) is 10.6 Å². The zero-order chi connectivity index (χ0) is 16.5. The molecule has 24 heavy (non-hydrogen) atoms. The number of hydrogen-bond donors (Lipinski definition) is 0. The Hall–Kier alpha value is -2.87. The minimum Gasteiger partial charge on any atom is -0.337 e. The average Bonchev–Trinajstić information content (AvgIpc) is 3.29. The Labute approximate surface area is 142 Å². The van der Waals surface area contributed by atoms with Crippen LogP contribution in [-0.4, -0.2) is 29.9 Å². The summed E-state index contributed by atoms with van der Waals surface area (Å²) in [7, 11) is 0. The lowest BCUT2D eigenvalue weighted by atomic mass is 10.3. The van der Waals surface area contributed by atoms with Crippen molar-refractivity contribution in [3.63, 3.8) is 0 Å². The van der Waals surface area contributed by atoms with E-state index in [1.807, 2.05) is 37.5 Å². The van der Waals surface area contributed by atoms with E-state index in [2.05, 4.69) is 25.2 Å². The van der Waals surface area contributed by atoms with Gasteiger partial charge in [0.25, 0.3) is 0 Å². The molecular formula is C16H14N6OS. The number of nitrogens with zero attached hydrogens (tertiary/aromatic N) is 6. The molecule has 0 radical (unpaired) electrons. The zero-order valence-corrected chi connectivity index (χ0v) is 14.0. The van der Waals surface area contributed by atoms with Gasteiger partial charge in [-0.3, -0.25) is 9.67 Å². The van der Waals surface area contributed by atoms with Gasteiger partial charge in [-0.05, 0) is 32.0 Å². The van der Waals surface area contributed by atoms with Crippen LogP contribution in [0.4, 0.5) is 0 Å². The van der Waals surface area contributed by atoms with Crippen LogP contribution in [0.2, 0.25) is 0 Å². The monoisotopic (exact) mass is 338 g/mol. The minimum atomic E-state index is 0.453. The molecule has 4 aromatic heterocycles. The zero-order valence-electron chi connectivity index (χ0n) is 13.2. The lowest BCUT2D eigenvalue weighted by Crippen LogP contribution is -2.00. The molecule has 4 rings (SSSR count). The van der Waals surface area contributed by atoms with E-state index in [0.29, 0.717) is 18.3 Å². The van der Waals surface area contributed by atoms with Crippen LogP contribution in [0.15, 0.2) is 41.3 Å². The minimum absolute atomic E-state index is 0.453. The smallest absolute Gasteiger partial charge is 0.248 e. The molecule has 0 aliphatic rings. The molecule has 0 fully saturated rings. The van der Waals surface area contributed by atoms with Crippen molar-refractivity contribution in [1.29, 1.82) is 0 Å². The van der Waals surface area contributed by atoms with Crippen LogP contribution in [0.25, 0.3) is 21.1 Å². The fraction of sp³-hybridized carbons (Fsp3) is 0.188. The third-order valence-electron chi connectivity index (χ3n) is 3.45.